The summed E-state index contributed by atoms with van der Waals surface area (Å²) < 4.78 is 1.60. The van der Waals surface area contributed by atoms with Crippen LogP contribution in [-0.2, 0) is 0 Å². The maximum absolute atomic E-state index is 12.1. The number of benzene rings is 1. The van der Waals surface area contributed by atoms with Crippen molar-refractivity contribution >= 4 is 35.1 Å². The van der Waals surface area contributed by atoms with Gasteiger partial charge in [0.25, 0.3) is 0 Å². The molecule has 0 bridgehead atoms. The molecule has 2 heterocycles. The van der Waals surface area contributed by atoms with E-state index in [9.17, 15) is 4.79 Å². The van der Waals surface area contributed by atoms with E-state index in [0.717, 1.165) is 10.6 Å². The molecule has 0 spiro atoms. The van der Waals surface area contributed by atoms with Crippen molar-refractivity contribution < 1.29 is 4.79 Å². The Bertz CT molecular complexity index is 823. The summed E-state index contributed by atoms with van der Waals surface area (Å²) in [7, 11) is 0. The van der Waals surface area contributed by atoms with Crippen molar-refractivity contribution in [1.82, 2.24) is 20.1 Å². The standard InChI is InChI=1S/C17H16ClN5OS/c18-13-4-6-14(7-5-13)25-12-10-20-17(24)22-15-3-1-8-19-16(15)23-11-2-9-21-23/h1-9,11H,10,12H2,(H2,20,22,24). The molecule has 0 fully saturated rings. The van der Waals surface area contributed by atoms with Crippen LogP contribution in [0, 0.1) is 0 Å². The summed E-state index contributed by atoms with van der Waals surface area (Å²) in [5.74, 6) is 1.33. The van der Waals surface area contributed by atoms with Crippen LogP contribution in [0.5, 0.6) is 0 Å². The molecule has 0 unspecified atom stereocenters. The van der Waals surface area contributed by atoms with Gasteiger partial charge in [0.15, 0.2) is 5.82 Å². The van der Waals surface area contributed by atoms with Gasteiger partial charge in [-0.3, -0.25) is 0 Å². The molecule has 2 N–H and O–H groups in total. The van der Waals surface area contributed by atoms with Crippen LogP contribution in [0.1, 0.15) is 0 Å². The van der Waals surface area contributed by atoms with E-state index in [1.165, 1.54) is 0 Å². The van der Waals surface area contributed by atoms with Gasteiger partial charge >= 0.3 is 6.03 Å². The summed E-state index contributed by atoms with van der Waals surface area (Å²) in [4.78, 5) is 17.5. The molecule has 6 nitrogen and oxygen atoms in total. The summed E-state index contributed by atoms with van der Waals surface area (Å²) >= 11 is 7.51. The van der Waals surface area contributed by atoms with Gasteiger partial charge in [0.2, 0.25) is 0 Å². The van der Waals surface area contributed by atoms with Gasteiger partial charge in [0.05, 0.1) is 5.69 Å². The quantitative estimate of drug-likeness (QED) is 0.508. The van der Waals surface area contributed by atoms with E-state index < -0.39 is 0 Å². The van der Waals surface area contributed by atoms with Gasteiger partial charge in [-0.15, -0.1) is 11.8 Å². The average molecular weight is 374 g/mol. The van der Waals surface area contributed by atoms with E-state index in [1.807, 2.05) is 24.3 Å². The molecule has 0 radical (unpaired) electrons. The fraction of sp³-hybridized carbons (Fsp3) is 0.118. The molecule has 0 aliphatic rings. The van der Waals surface area contributed by atoms with Gasteiger partial charge < -0.3 is 10.6 Å². The minimum Gasteiger partial charge on any atom is -0.337 e. The SMILES string of the molecule is O=C(NCCSc1ccc(Cl)cc1)Nc1cccnc1-n1cccn1. The number of carbonyl (C=O) groups is 1. The van der Waals surface area contributed by atoms with E-state index in [0.29, 0.717) is 23.1 Å². The van der Waals surface area contributed by atoms with Crippen LogP contribution in [0.15, 0.2) is 66.0 Å². The lowest BCUT2D eigenvalue weighted by molar-refractivity contribution is 0.252. The van der Waals surface area contributed by atoms with Crippen molar-refractivity contribution in [3.05, 3.63) is 66.1 Å². The summed E-state index contributed by atoms with van der Waals surface area (Å²) in [5, 5.41) is 10.5. The van der Waals surface area contributed by atoms with Gasteiger partial charge in [-0.2, -0.15) is 5.10 Å². The number of carbonyl (C=O) groups excluding carboxylic acids is 1. The zero-order chi connectivity index (χ0) is 17.5. The van der Waals surface area contributed by atoms with Gasteiger partial charge in [0.1, 0.15) is 0 Å². The second-order valence-corrected chi connectivity index (χ2v) is 6.61. The molecule has 3 aromatic rings. The molecule has 0 aliphatic heterocycles. The fourth-order valence-corrected chi connectivity index (χ4v) is 3.00. The molecule has 25 heavy (non-hydrogen) atoms. The lowest BCUT2D eigenvalue weighted by Gasteiger charge is -2.11. The molecule has 0 atom stereocenters. The topological polar surface area (TPSA) is 71.8 Å². The first-order valence-corrected chi connectivity index (χ1v) is 8.97. The number of thioether (sulfide) groups is 1. The molecule has 0 saturated heterocycles. The number of rotatable bonds is 6. The highest BCUT2D eigenvalue weighted by Crippen LogP contribution is 2.20. The van der Waals surface area contributed by atoms with Crippen molar-refractivity contribution in [3.63, 3.8) is 0 Å². The summed E-state index contributed by atoms with van der Waals surface area (Å²) in [6, 6.07) is 12.7. The molecule has 3 rings (SSSR count). The molecule has 2 amide bonds. The Labute approximate surface area is 154 Å². The highest BCUT2D eigenvalue weighted by atomic mass is 35.5. The van der Waals surface area contributed by atoms with E-state index in [-0.39, 0.29) is 6.03 Å². The maximum atomic E-state index is 12.1. The predicted molar refractivity (Wildman–Crippen MR) is 101 cm³/mol. The van der Waals surface area contributed by atoms with Crippen LogP contribution in [0.4, 0.5) is 10.5 Å². The van der Waals surface area contributed by atoms with Gasteiger partial charge in [-0.05, 0) is 42.5 Å². The highest BCUT2D eigenvalue weighted by Gasteiger charge is 2.09. The predicted octanol–water partition coefficient (Wildman–Crippen LogP) is 3.83. The molecule has 128 valence electrons. The number of urea groups is 1. The molecule has 8 heteroatoms. The van der Waals surface area contributed by atoms with Gasteiger partial charge in [-0.1, -0.05) is 11.6 Å². The second-order valence-electron chi connectivity index (χ2n) is 5.01. The van der Waals surface area contributed by atoms with Crippen molar-refractivity contribution in [2.24, 2.45) is 0 Å². The number of nitrogens with one attached hydrogen (secondary N) is 2. The lowest BCUT2D eigenvalue weighted by Crippen LogP contribution is -2.31. The maximum Gasteiger partial charge on any atom is 0.319 e. The Balaban J connectivity index is 1.49. The molecule has 1 aromatic carbocycles. The number of nitrogens with zero attached hydrogens (tertiary/aromatic N) is 3. The fourth-order valence-electron chi connectivity index (χ4n) is 2.10. The second kappa shape index (κ2) is 8.55. The summed E-state index contributed by atoms with van der Waals surface area (Å²) in [5.41, 5.74) is 0.592. The largest absolute Gasteiger partial charge is 0.337 e. The summed E-state index contributed by atoms with van der Waals surface area (Å²) in [6.07, 6.45) is 5.09. The lowest BCUT2D eigenvalue weighted by atomic mass is 10.4. The Morgan fingerprint density at radius 2 is 2.00 bits per heavy atom. The molecule has 0 aliphatic carbocycles. The Kier molecular flexibility index (Phi) is 5.92. The van der Waals surface area contributed by atoms with Crippen LogP contribution < -0.4 is 10.6 Å². The van der Waals surface area contributed by atoms with E-state index >= 15 is 0 Å². The van der Waals surface area contributed by atoms with Crippen LogP contribution in [0.25, 0.3) is 5.82 Å². The van der Waals surface area contributed by atoms with Crippen LogP contribution in [-0.4, -0.2) is 33.1 Å². The molecule has 0 saturated carbocycles. The Hall–Kier alpha value is -2.51. The summed E-state index contributed by atoms with van der Waals surface area (Å²) in [6.45, 7) is 0.538. The smallest absolute Gasteiger partial charge is 0.319 e. The zero-order valence-corrected chi connectivity index (χ0v) is 14.8. The first-order valence-electron chi connectivity index (χ1n) is 7.60. The van der Waals surface area contributed by atoms with Crippen LogP contribution in [0.3, 0.4) is 0 Å². The van der Waals surface area contributed by atoms with Crippen LogP contribution in [0.2, 0.25) is 5.02 Å². The number of amides is 2. The third kappa shape index (κ3) is 4.98. The van der Waals surface area contributed by atoms with Gasteiger partial charge in [0, 0.05) is 40.8 Å². The first kappa shape index (κ1) is 17.3. The normalized spacial score (nSPS) is 10.4. The van der Waals surface area contributed by atoms with E-state index in [4.69, 9.17) is 11.6 Å². The third-order valence-corrected chi connectivity index (χ3v) is 4.49. The van der Waals surface area contributed by atoms with Crippen molar-refractivity contribution in [2.75, 3.05) is 17.6 Å². The number of anilines is 1. The van der Waals surface area contributed by atoms with Crippen molar-refractivity contribution in [3.8, 4) is 5.82 Å². The zero-order valence-electron chi connectivity index (χ0n) is 13.2. The van der Waals surface area contributed by atoms with E-state index in [1.54, 1.807) is 53.2 Å². The number of hydrogen-bond acceptors (Lipinski definition) is 4. The Morgan fingerprint density at radius 3 is 2.76 bits per heavy atom. The number of pyridine rings is 1. The van der Waals surface area contributed by atoms with Crippen molar-refractivity contribution in [2.45, 2.75) is 4.90 Å². The Morgan fingerprint density at radius 1 is 1.16 bits per heavy atom. The van der Waals surface area contributed by atoms with E-state index in [2.05, 4.69) is 20.7 Å². The minimum atomic E-state index is -0.280. The van der Waals surface area contributed by atoms with Crippen LogP contribution >= 0.6 is 23.4 Å². The van der Waals surface area contributed by atoms with Gasteiger partial charge in [-0.25, -0.2) is 14.5 Å². The molecule has 2 aromatic heterocycles. The molecular weight excluding hydrogens is 358 g/mol. The highest BCUT2D eigenvalue weighted by molar-refractivity contribution is 7.99. The third-order valence-electron chi connectivity index (χ3n) is 3.23. The monoisotopic (exact) mass is 373 g/mol. The number of aromatic nitrogens is 3. The van der Waals surface area contributed by atoms with Crippen molar-refractivity contribution in [1.29, 1.82) is 0 Å². The number of hydrogen-bond donors (Lipinski definition) is 2. The minimum absolute atomic E-state index is 0.280. The number of halogens is 1. The molecular formula is C17H16ClN5OS. The first-order chi connectivity index (χ1) is 12.2. The average Bonchev–Trinajstić information content (AvgIpc) is 3.15.